The van der Waals surface area contributed by atoms with Crippen LogP contribution in [-0.2, 0) is 4.74 Å². The van der Waals surface area contributed by atoms with Gasteiger partial charge in [0.2, 0.25) is 0 Å². The summed E-state index contributed by atoms with van der Waals surface area (Å²) < 4.78 is 27.6. The van der Waals surface area contributed by atoms with Crippen molar-refractivity contribution in [3.63, 3.8) is 0 Å². The fourth-order valence-electron chi connectivity index (χ4n) is 4.30. The minimum absolute atomic E-state index is 0.0721. The molecule has 0 atom stereocenters. The number of hydrogen-bond acceptors (Lipinski definition) is 6. The molecule has 0 bridgehead atoms. The molecule has 7 heteroatoms. The Morgan fingerprint density at radius 2 is 1.85 bits per heavy atom. The number of rotatable bonds is 5. The molecular formula is C27H22FN3O2S. The smallest absolute Gasteiger partial charge is 0.134 e. The summed E-state index contributed by atoms with van der Waals surface area (Å²) in [6.45, 7) is 1.37. The molecule has 1 N–H and O–H groups in total. The van der Waals surface area contributed by atoms with Crippen LogP contribution in [0.3, 0.4) is 0 Å². The molecular weight excluding hydrogens is 449 g/mol. The van der Waals surface area contributed by atoms with Crippen LogP contribution in [0.5, 0.6) is 5.75 Å². The van der Waals surface area contributed by atoms with Crippen molar-refractivity contribution in [2.75, 3.05) is 18.5 Å². The van der Waals surface area contributed by atoms with E-state index in [0.717, 1.165) is 50.9 Å². The Kier molecular flexibility index (Phi) is 5.57. The number of pyridine rings is 1. The molecule has 1 saturated heterocycles. The summed E-state index contributed by atoms with van der Waals surface area (Å²) in [5, 5.41) is 4.39. The first-order valence-corrected chi connectivity index (χ1v) is 12.1. The zero-order valence-electron chi connectivity index (χ0n) is 18.3. The Bertz CT molecular complexity index is 1480. The molecule has 2 aromatic heterocycles. The van der Waals surface area contributed by atoms with Crippen LogP contribution in [-0.4, -0.2) is 29.3 Å². The van der Waals surface area contributed by atoms with E-state index in [0.29, 0.717) is 24.5 Å². The van der Waals surface area contributed by atoms with Crippen molar-refractivity contribution in [2.24, 2.45) is 0 Å². The normalized spacial score (nSPS) is 14.5. The first kappa shape index (κ1) is 21.0. The van der Waals surface area contributed by atoms with Gasteiger partial charge in [0.25, 0.3) is 0 Å². The van der Waals surface area contributed by atoms with E-state index < -0.39 is 0 Å². The highest BCUT2D eigenvalue weighted by atomic mass is 32.1. The van der Waals surface area contributed by atoms with Crippen molar-refractivity contribution in [2.45, 2.75) is 18.9 Å². The third-order valence-electron chi connectivity index (χ3n) is 6.07. The number of ether oxygens (including phenoxy) is 2. The number of benzene rings is 3. The first-order valence-electron chi connectivity index (χ1n) is 11.3. The number of thiazole rings is 1. The van der Waals surface area contributed by atoms with Gasteiger partial charge in [-0.25, -0.2) is 9.37 Å². The minimum atomic E-state index is -0.309. The monoisotopic (exact) mass is 471 g/mol. The fourth-order valence-corrected chi connectivity index (χ4v) is 4.96. The number of nitrogens with one attached hydrogen (secondary N) is 1. The topological polar surface area (TPSA) is 56.3 Å². The highest BCUT2D eigenvalue weighted by Crippen LogP contribution is 2.33. The highest BCUT2D eigenvalue weighted by Gasteiger charge is 2.16. The van der Waals surface area contributed by atoms with Crippen LogP contribution >= 0.6 is 11.3 Å². The zero-order valence-corrected chi connectivity index (χ0v) is 19.1. The van der Waals surface area contributed by atoms with Crippen molar-refractivity contribution < 1.29 is 13.9 Å². The lowest BCUT2D eigenvalue weighted by Crippen LogP contribution is -2.25. The van der Waals surface area contributed by atoms with Crippen LogP contribution < -0.4 is 10.1 Å². The predicted molar refractivity (Wildman–Crippen MR) is 135 cm³/mol. The van der Waals surface area contributed by atoms with Crippen LogP contribution in [0.2, 0.25) is 0 Å². The van der Waals surface area contributed by atoms with Crippen molar-refractivity contribution in [1.82, 2.24) is 9.97 Å². The molecule has 1 fully saturated rings. The van der Waals surface area contributed by atoms with Gasteiger partial charge < -0.3 is 14.8 Å². The van der Waals surface area contributed by atoms with Gasteiger partial charge in [0.15, 0.2) is 0 Å². The minimum Gasteiger partial charge on any atom is -0.490 e. The maximum atomic E-state index is 15.1. The molecule has 170 valence electrons. The van der Waals surface area contributed by atoms with Crippen LogP contribution in [0.25, 0.3) is 32.2 Å². The second kappa shape index (κ2) is 9.00. The largest absolute Gasteiger partial charge is 0.490 e. The van der Waals surface area contributed by atoms with Gasteiger partial charge in [0.1, 0.15) is 17.7 Å². The lowest BCUT2D eigenvalue weighted by molar-refractivity contribution is 0.0255. The summed E-state index contributed by atoms with van der Waals surface area (Å²) in [6.07, 6.45) is 3.50. The van der Waals surface area contributed by atoms with Gasteiger partial charge in [-0.05, 0) is 54.1 Å². The number of nitrogens with zero attached hydrogens (tertiary/aromatic N) is 2. The van der Waals surface area contributed by atoms with Crippen LogP contribution in [0, 0.1) is 5.82 Å². The first-order chi connectivity index (χ1) is 16.7. The van der Waals surface area contributed by atoms with E-state index in [4.69, 9.17) is 9.47 Å². The Morgan fingerprint density at radius 3 is 2.74 bits per heavy atom. The molecule has 0 unspecified atom stereocenters. The van der Waals surface area contributed by atoms with Gasteiger partial charge in [-0.15, -0.1) is 11.3 Å². The molecule has 0 aliphatic carbocycles. The average Bonchev–Trinajstić information content (AvgIpc) is 3.33. The summed E-state index contributed by atoms with van der Waals surface area (Å²) >= 11 is 1.62. The van der Waals surface area contributed by atoms with Crippen LogP contribution in [0.4, 0.5) is 15.8 Å². The quantitative estimate of drug-likeness (QED) is 0.301. The summed E-state index contributed by atoms with van der Waals surface area (Å²) in [5.41, 5.74) is 6.80. The molecule has 3 aromatic carbocycles. The molecule has 1 aliphatic heterocycles. The third-order valence-corrected chi connectivity index (χ3v) is 6.88. The van der Waals surface area contributed by atoms with Crippen LogP contribution in [0.15, 0.2) is 72.4 Å². The third kappa shape index (κ3) is 4.20. The number of anilines is 2. The van der Waals surface area contributed by atoms with Gasteiger partial charge in [-0.1, -0.05) is 6.07 Å². The molecule has 3 heterocycles. The second-order valence-corrected chi connectivity index (χ2v) is 9.21. The van der Waals surface area contributed by atoms with Gasteiger partial charge in [-0.3, -0.25) is 4.98 Å². The van der Waals surface area contributed by atoms with E-state index in [1.165, 1.54) is 6.07 Å². The number of hydrogen-bond donors (Lipinski definition) is 1. The van der Waals surface area contributed by atoms with E-state index in [2.05, 4.69) is 21.4 Å². The summed E-state index contributed by atoms with van der Waals surface area (Å²) in [7, 11) is 0. The standard InChI is InChI=1S/C27H22FN3O2S/c28-23-15-20(33-19-8-11-32-12-9-19)3-4-21(23)17-1-5-24-22(13-17)25(7-10-29-24)31-18-2-6-27-26(14-18)30-16-34-27/h1-7,10,13-16,19H,8-9,11-12H2,(H,29,31). The van der Waals surface area contributed by atoms with E-state index >= 15 is 4.39 Å². The Balaban J connectivity index is 1.31. The molecule has 5 nitrogen and oxygen atoms in total. The van der Waals surface area contributed by atoms with E-state index in [-0.39, 0.29) is 11.9 Å². The molecule has 0 spiro atoms. The maximum Gasteiger partial charge on any atom is 0.134 e. The number of aromatic nitrogens is 2. The van der Waals surface area contributed by atoms with E-state index in [9.17, 15) is 0 Å². The van der Waals surface area contributed by atoms with Crippen molar-refractivity contribution in [1.29, 1.82) is 0 Å². The van der Waals surface area contributed by atoms with E-state index in [1.807, 2.05) is 48.0 Å². The molecule has 0 amide bonds. The average molecular weight is 472 g/mol. The van der Waals surface area contributed by atoms with E-state index in [1.54, 1.807) is 23.6 Å². The number of fused-ring (bicyclic) bond motifs is 2. The lowest BCUT2D eigenvalue weighted by atomic mass is 10.0. The molecule has 0 radical (unpaired) electrons. The van der Waals surface area contributed by atoms with Crippen LogP contribution in [0.1, 0.15) is 12.8 Å². The van der Waals surface area contributed by atoms with Gasteiger partial charge in [0, 0.05) is 47.4 Å². The summed E-state index contributed by atoms with van der Waals surface area (Å²) in [5.74, 6) is 0.242. The van der Waals surface area contributed by atoms with Crippen molar-refractivity contribution >= 4 is 43.8 Å². The second-order valence-electron chi connectivity index (χ2n) is 8.32. The van der Waals surface area contributed by atoms with Crippen molar-refractivity contribution in [3.05, 3.63) is 78.2 Å². The molecule has 34 heavy (non-hydrogen) atoms. The van der Waals surface area contributed by atoms with Gasteiger partial charge >= 0.3 is 0 Å². The summed E-state index contributed by atoms with van der Waals surface area (Å²) in [6, 6.07) is 18.9. The maximum absolute atomic E-state index is 15.1. The van der Waals surface area contributed by atoms with Gasteiger partial charge in [-0.2, -0.15) is 0 Å². The Labute approximate surface area is 200 Å². The van der Waals surface area contributed by atoms with Gasteiger partial charge in [0.05, 0.1) is 34.5 Å². The number of halogens is 1. The highest BCUT2D eigenvalue weighted by molar-refractivity contribution is 7.16. The predicted octanol–water partition coefficient (Wildman–Crippen LogP) is 6.95. The fraction of sp³-hybridized carbons (Fsp3) is 0.185. The zero-order chi connectivity index (χ0) is 22.9. The van der Waals surface area contributed by atoms with Crippen molar-refractivity contribution in [3.8, 4) is 16.9 Å². The SMILES string of the molecule is Fc1cc(OC2CCOCC2)ccc1-c1ccc2nccc(Nc3ccc4scnc4c3)c2c1. The molecule has 6 rings (SSSR count). The summed E-state index contributed by atoms with van der Waals surface area (Å²) in [4.78, 5) is 8.89. The molecule has 1 aliphatic rings. The molecule has 0 saturated carbocycles. The lowest BCUT2D eigenvalue weighted by Gasteiger charge is -2.23. The molecule has 5 aromatic rings. The Hall–Kier alpha value is -3.55. The Morgan fingerprint density at radius 1 is 0.941 bits per heavy atom.